The van der Waals surface area contributed by atoms with Gasteiger partial charge < -0.3 is 4.98 Å². The molecule has 2 rings (SSSR count). The average Bonchev–Trinajstić information content (AvgIpc) is 2.67. The van der Waals surface area contributed by atoms with Crippen LogP contribution in [0.15, 0.2) is 15.7 Å². The molecule has 0 amide bonds. The van der Waals surface area contributed by atoms with Crippen LogP contribution < -0.4 is 11.2 Å². The van der Waals surface area contributed by atoms with E-state index in [0.29, 0.717) is 17.3 Å². The van der Waals surface area contributed by atoms with Crippen LogP contribution in [0, 0.1) is 0 Å². The zero-order valence-corrected chi connectivity index (χ0v) is 8.27. The molecule has 0 aliphatic carbocycles. The number of carbonyl (C=O) groups excluding carboxylic acids is 1. The van der Waals surface area contributed by atoms with Gasteiger partial charge in [-0.05, 0) is 6.07 Å². The molecular weight excluding hydrogens is 198 g/mol. The first kappa shape index (κ1) is 9.45. The second-order valence-electron chi connectivity index (χ2n) is 3.31. The lowest BCUT2D eigenvalue weighted by Crippen LogP contribution is -2.36. The largest absolute Gasteiger partial charge is 0.338 e. The molecule has 1 N–H and O–H groups in total. The Bertz CT molecular complexity index is 660. The molecule has 0 saturated carbocycles. The zero-order chi connectivity index (χ0) is 11.2. The summed E-state index contributed by atoms with van der Waals surface area (Å²) in [6.07, 6.45) is 0.601. The smallest absolute Gasteiger partial charge is 0.332 e. The van der Waals surface area contributed by atoms with E-state index in [4.69, 9.17) is 0 Å². The molecule has 2 aromatic heterocycles. The number of aromatic amines is 1. The van der Waals surface area contributed by atoms with Crippen molar-refractivity contribution in [3.05, 3.63) is 32.6 Å². The number of carbonyl (C=O) groups is 1. The summed E-state index contributed by atoms with van der Waals surface area (Å²) in [5.41, 5.74) is -0.183. The van der Waals surface area contributed by atoms with E-state index in [1.807, 2.05) is 0 Å². The molecule has 0 bridgehead atoms. The molecule has 0 atom stereocenters. The molecule has 0 unspecified atom stereocenters. The fourth-order valence-corrected chi connectivity index (χ4v) is 1.54. The van der Waals surface area contributed by atoms with Crippen molar-refractivity contribution in [2.75, 3.05) is 0 Å². The average molecular weight is 207 g/mol. The van der Waals surface area contributed by atoms with Crippen molar-refractivity contribution in [1.29, 1.82) is 0 Å². The first-order valence-corrected chi connectivity index (χ1v) is 4.30. The van der Waals surface area contributed by atoms with E-state index in [2.05, 4.69) is 4.98 Å². The monoisotopic (exact) mass is 207 g/mol. The van der Waals surface area contributed by atoms with Gasteiger partial charge in [0.05, 0.1) is 11.1 Å². The quantitative estimate of drug-likeness (QED) is 0.633. The summed E-state index contributed by atoms with van der Waals surface area (Å²) >= 11 is 0. The molecule has 6 heteroatoms. The molecule has 6 nitrogen and oxygen atoms in total. The van der Waals surface area contributed by atoms with Crippen LogP contribution >= 0.6 is 0 Å². The summed E-state index contributed by atoms with van der Waals surface area (Å²) in [7, 11) is 2.94. The van der Waals surface area contributed by atoms with Crippen LogP contribution in [-0.2, 0) is 14.1 Å². The van der Waals surface area contributed by atoms with Gasteiger partial charge in [0.15, 0.2) is 6.29 Å². The van der Waals surface area contributed by atoms with Gasteiger partial charge in [-0.1, -0.05) is 0 Å². The normalized spacial score (nSPS) is 10.8. The van der Waals surface area contributed by atoms with Gasteiger partial charge in [0.25, 0.3) is 5.56 Å². The molecular formula is C9H9N3O3. The van der Waals surface area contributed by atoms with Crippen molar-refractivity contribution in [2.24, 2.45) is 14.1 Å². The van der Waals surface area contributed by atoms with Gasteiger partial charge in [0.2, 0.25) is 0 Å². The number of aromatic nitrogens is 3. The summed E-state index contributed by atoms with van der Waals surface area (Å²) < 4.78 is 2.30. The Kier molecular flexibility index (Phi) is 1.85. The highest BCUT2D eigenvalue weighted by Crippen LogP contribution is 2.06. The molecule has 0 fully saturated rings. The summed E-state index contributed by atoms with van der Waals surface area (Å²) in [4.78, 5) is 36.4. The second-order valence-corrected chi connectivity index (χ2v) is 3.31. The minimum Gasteiger partial charge on any atom is -0.338 e. The van der Waals surface area contributed by atoms with Gasteiger partial charge in [-0.15, -0.1) is 0 Å². The SMILES string of the molecule is Cn1c(=O)c2cc(C=O)[nH]c2n(C)c1=O. The first-order valence-electron chi connectivity index (χ1n) is 4.30. The van der Waals surface area contributed by atoms with Crippen molar-refractivity contribution in [1.82, 2.24) is 14.1 Å². The van der Waals surface area contributed by atoms with Gasteiger partial charge in [0.1, 0.15) is 5.65 Å². The number of H-pyrrole nitrogens is 1. The van der Waals surface area contributed by atoms with E-state index < -0.39 is 11.2 Å². The zero-order valence-electron chi connectivity index (χ0n) is 8.27. The van der Waals surface area contributed by atoms with Crippen LogP contribution in [-0.4, -0.2) is 20.4 Å². The number of aryl methyl sites for hydroxylation is 1. The van der Waals surface area contributed by atoms with E-state index in [0.717, 1.165) is 4.57 Å². The van der Waals surface area contributed by atoms with Crippen molar-refractivity contribution < 1.29 is 4.79 Å². The molecule has 0 aliphatic rings. The Hall–Kier alpha value is -2.11. The van der Waals surface area contributed by atoms with Gasteiger partial charge in [-0.3, -0.25) is 18.7 Å². The molecule has 0 aromatic carbocycles. The minimum atomic E-state index is -0.424. The van der Waals surface area contributed by atoms with Crippen LogP contribution in [0.2, 0.25) is 0 Å². The molecule has 2 heterocycles. The van der Waals surface area contributed by atoms with Gasteiger partial charge in [-0.2, -0.15) is 0 Å². The summed E-state index contributed by atoms with van der Waals surface area (Å²) in [6, 6.07) is 1.43. The number of nitrogens with one attached hydrogen (secondary N) is 1. The Balaban J connectivity index is 3.11. The fourth-order valence-electron chi connectivity index (χ4n) is 1.54. The molecule has 0 aliphatic heterocycles. The maximum atomic E-state index is 11.6. The van der Waals surface area contributed by atoms with Crippen LogP contribution in [0.4, 0.5) is 0 Å². The summed E-state index contributed by atoms with van der Waals surface area (Å²) in [5, 5.41) is 0.335. The third-order valence-corrected chi connectivity index (χ3v) is 2.39. The summed E-state index contributed by atoms with van der Waals surface area (Å²) in [5.74, 6) is 0. The number of nitrogens with zero attached hydrogens (tertiary/aromatic N) is 2. The van der Waals surface area contributed by atoms with E-state index in [1.54, 1.807) is 0 Å². The lowest BCUT2D eigenvalue weighted by molar-refractivity contribution is 0.111. The predicted octanol–water partition coefficient (Wildman–Crippen LogP) is -0.622. The number of fused-ring (bicyclic) bond motifs is 1. The third-order valence-electron chi connectivity index (χ3n) is 2.39. The lowest BCUT2D eigenvalue weighted by Gasteiger charge is -2.02. The highest BCUT2D eigenvalue weighted by molar-refractivity contribution is 5.85. The van der Waals surface area contributed by atoms with E-state index in [9.17, 15) is 14.4 Å². The maximum Gasteiger partial charge on any atom is 0.332 e. The number of aldehydes is 1. The summed E-state index contributed by atoms with van der Waals surface area (Å²) in [6.45, 7) is 0. The van der Waals surface area contributed by atoms with Gasteiger partial charge in [-0.25, -0.2) is 4.79 Å². The molecule has 2 aromatic rings. The van der Waals surface area contributed by atoms with Crippen LogP contribution in [0.25, 0.3) is 11.0 Å². The van der Waals surface area contributed by atoms with Crippen molar-refractivity contribution in [2.45, 2.75) is 0 Å². The highest BCUT2D eigenvalue weighted by atomic mass is 16.2. The van der Waals surface area contributed by atoms with Crippen LogP contribution in [0.1, 0.15) is 10.5 Å². The Morgan fingerprint density at radius 1 is 1.27 bits per heavy atom. The first-order chi connectivity index (χ1) is 7.06. The molecule has 15 heavy (non-hydrogen) atoms. The van der Waals surface area contributed by atoms with Crippen molar-refractivity contribution in [3.8, 4) is 0 Å². The molecule has 0 spiro atoms. The van der Waals surface area contributed by atoms with Gasteiger partial charge in [0, 0.05) is 14.1 Å². The molecule has 0 radical (unpaired) electrons. The Labute approximate surface area is 83.8 Å². The fraction of sp³-hybridized carbons (Fsp3) is 0.222. The van der Waals surface area contributed by atoms with Crippen molar-refractivity contribution in [3.63, 3.8) is 0 Å². The molecule has 0 saturated heterocycles. The maximum absolute atomic E-state index is 11.6. The highest BCUT2D eigenvalue weighted by Gasteiger charge is 2.10. The predicted molar refractivity (Wildman–Crippen MR) is 54.2 cm³/mol. The molecule has 78 valence electrons. The number of hydrogen-bond acceptors (Lipinski definition) is 3. The van der Waals surface area contributed by atoms with Crippen LogP contribution in [0.5, 0.6) is 0 Å². The standard InChI is InChI=1S/C9H9N3O3/c1-11-7-6(3-5(4-13)10-7)8(14)12(2)9(11)15/h3-4,10H,1-2H3. The van der Waals surface area contributed by atoms with Crippen LogP contribution in [0.3, 0.4) is 0 Å². The topological polar surface area (TPSA) is 76.9 Å². The lowest BCUT2D eigenvalue weighted by atomic mass is 10.3. The van der Waals surface area contributed by atoms with E-state index >= 15 is 0 Å². The van der Waals surface area contributed by atoms with Gasteiger partial charge >= 0.3 is 5.69 Å². The van der Waals surface area contributed by atoms with E-state index in [-0.39, 0.29) is 5.69 Å². The number of hydrogen-bond donors (Lipinski definition) is 1. The van der Waals surface area contributed by atoms with Crippen molar-refractivity contribution >= 4 is 17.3 Å². The van der Waals surface area contributed by atoms with E-state index in [1.165, 1.54) is 24.7 Å². The minimum absolute atomic E-state index is 0.281. The Morgan fingerprint density at radius 2 is 1.93 bits per heavy atom. The number of rotatable bonds is 1. The second kappa shape index (κ2) is 2.94. The Morgan fingerprint density at radius 3 is 2.53 bits per heavy atom. The third kappa shape index (κ3) is 1.14.